The van der Waals surface area contributed by atoms with Crippen LogP contribution in [0.4, 0.5) is 4.79 Å². The molecule has 0 saturated carbocycles. The zero-order valence-corrected chi connectivity index (χ0v) is 29.0. The molecule has 2 aromatic carbocycles. The Kier molecular flexibility index (Phi) is 10.2. The second-order valence-corrected chi connectivity index (χ2v) is 13.4. The Morgan fingerprint density at radius 1 is 1.02 bits per heavy atom. The normalized spacial score (nSPS) is 31.5. The summed E-state index contributed by atoms with van der Waals surface area (Å²) >= 11 is 0. The van der Waals surface area contributed by atoms with Gasteiger partial charge in [0.25, 0.3) is 0 Å². The Morgan fingerprint density at radius 2 is 1.77 bits per heavy atom. The van der Waals surface area contributed by atoms with E-state index in [0.717, 1.165) is 0 Å². The number of carbonyl (C=O) groups is 3. The van der Waals surface area contributed by atoms with Crippen LogP contribution in [0.5, 0.6) is 23.0 Å². The van der Waals surface area contributed by atoms with Crippen LogP contribution < -0.4 is 24.3 Å². The largest absolute Gasteiger partial charge is 0.493 e. The molecular formula is C35H42N2O15. The van der Waals surface area contributed by atoms with Gasteiger partial charge in [0.15, 0.2) is 35.6 Å². The number of aliphatic hydroxyl groups excluding tert-OH is 3. The molecule has 2 amide bonds. The predicted octanol–water partition coefficient (Wildman–Crippen LogP) is 0.683. The molecule has 6 unspecified atom stereocenters. The number of carbonyl (C=O) groups excluding carboxylic acids is 3. The molecule has 4 N–H and O–H groups in total. The van der Waals surface area contributed by atoms with Gasteiger partial charge in [-0.2, -0.15) is 0 Å². The Morgan fingerprint density at radius 3 is 2.48 bits per heavy atom. The van der Waals surface area contributed by atoms with Crippen molar-refractivity contribution in [2.45, 2.75) is 69.5 Å². The van der Waals surface area contributed by atoms with E-state index >= 15 is 0 Å². The number of esters is 1. The van der Waals surface area contributed by atoms with Crippen LogP contribution >= 0.6 is 0 Å². The Hall–Kier alpha value is -4.23. The van der Waals surface area contributed by atoms with Crippen molar-refractivity contribution in [1.29, 1.82) is 0 Å². The SMILES string of the molecule is COc1cc([C@@H]2c3cc4c(cc3[C@@H](OC3OC5COC(C)OC5C(O)C3O)[C@H]3COC(=O)[C@H]23)OCO4)cc(CO)c1OC(=O)N(C)CCNC(C)=O. The van der Waals surface area contributed by atoms with E-state index < -0.39 is 79.5 Å². The van der Waals surface area contributed by atoms with Crippen LogP contribution in [0.2, 0.25) is 0 Å². The molecular weight excluding hydrogens is 688 g/mol. The van der Waals surface area contributed by atoms with E-state index in [0.29, 0.717) is 28.2 Å². The highest BCUT2D eigenvalue weighted by Crippen LogP contribution is 2.56. The maximum atomic E-state index is 13.7. The number of likely N-dealkylation sites (N-methyl/N-ethyl adjacent to an activating group) is 1. The third kappa shape index (κ3) is 6.61. The highest BCUT2D eigenvalue weighted by Gasteiger charge is 2.56. The molecule has 5 aliphatic rings. The molecule has 52 heavy (non-hydrogen) atoms. The minimum atomic E-state index is -1.49. The van der Waals surface area contributed by atoms with Crippen molar-refractivity contribution < 1.29 is 72.3 Å². The molecule has 7 rings (SSSR count). The summed E-state index contributed by atoms with van der Waals surface area (Å²) in [4.78, 5) is 39.2. The maximum absolute atomic E-state index is 13.7. The van der Waals surface area contributed by atoms with Gasteiger partial charge in [0.1, 0.15) is 24.4 Å². The van der Waals surface area contributed by atoms with Gasteiger partial charge in [0, 0.05) is 44.5 Å². The molecule has 10 atom stereocenters. The lowest BCUT2D eigenvalue weighted by Gasteiger charge is -2.47. The summed E-state index contributed by atoms with van der Waals surface area (Å²) in [6.07, 6.45) is -7.92. The summed E-state index contributed by atoms with van der Waals surface area (Å²) in [5.41, 5.74) is 1.98. The van der Waals surface area contributed by atoms with Crippen LogP contribution in [0.3, 0.4) is 0 Å². The number of benzene rings is 2. The van der Waals surface area contributed by atoms with Gasteiger partial charge in [0.05, 0.1) is 39.0 Å². The lowest BCUT2D eigenvalue weighted by atomic mass is 9.66. The predicted molar refractivity (Wildman–Crippen MR) is 173 cm³/mol. The van der Waals surface area contributed by atoms with E-state index in [9.17, 15) is 29.7 Å². The van der Waals surface area contributed by atoms with E-state index in [4.69, 9.17) is 42.6 Å². The van der Waals surface area contributed by atoms with Crippen molar-refractivity contribution in [3.63, 3.8) is 0 Å². The van der Waals surface area contributed by atoms with Crippen LogP contribution in [-0.4, -0.2) is 122 Å². The number of hydrogen-bond donors (Lipinski definition) is 4. The standard InChI is InChI=1S/C35H42N2O15/c1-15(39)36-5-6-37(3)35(43)52-30-18(11-38)7-17(8-24(30)44-4)26-19-9-22-23(48-14-47-22)10-20(19)31(21-12-46-33(42)27(21)26)51-34-29(41)28(40)32-25(50-34)13-45-16(2)49-32/h7-10,16,21,25-29,31-32,34,38,40-41H,5-6,11-14H2,1-4H3,(H,36,39)/t16?,21-,25?,26+,27-,28?,29?,31+,32?,34?/m0/s1. The molecule has 0 radical (unpaired) electrons. The number of rotatable bonds is 9. The van der Waals surface area contributed by atoms with Gasteiger partial charge in [-0.15, -0.1) is 0 Å². The summed E-state index contributed by atoms with van der Waals surface area (Å²) in [5, 5.41) is 35.3. The number of nitrogens with one attached hydrogen (secondary N) is 1. The molecule has 1 aliphatic carbocycles. The minimum absolute atomic E-state index is 0.0102. The van der Waals surface area contributed by atoms with Gasteiger partial charge in [0.2, 0.25) is 12.7 Å². The van der Waals surface area contributed by atoms with Crippen LogP contribution in [0.25, 0.3) is 0 Å². The highest BCUT2D eigenvalue weighted by atomic mass is 16.8. The molecule has 3 fully saturated rings. The number of aliphatic hydroxyl groups is 3. The molecule has 0 aromatic heterocycles. The summed E-state index contributed by atoms with van der Waals surface area (Å²) in [5.74, 6) is -1.86. The molecule has 0 bridgehead atoms. The third-order valence-electron chi connectivity index (χ3n) is 10.1. The monoisotopic (exact) mass is 730 g/mol. The zero-order chi connectivity index (χ0) is 36.8. The first kappa shape index (κ1) is 36.1. The Labute approximate surface area is 298 Å². The van der Waals surface area contributed by atoms with Gasteiger partial charge in [-0.3, -0.25) is 9.59 Å². The topological polar surface area (TPSA) is 210 Å². The molecule has 4 heterocycles. The van der Waals surface area contributed by atoms with E-state index in [2.05, 4.69) is 5.32 Å². The van der Waals surface area contributed by atoms with Crippen LogP contribution in [-0.2, 0) is 39.9 Å². The van der Waals surface area contributed by atoms with Gasteiger partial charge < -0.3 is 68.2 Å². The van der Waals surface area contributed by atoms with Crippen LogP contribution in [0.1, 0.15) is 48.1 Å². The summed E-state index contributed by atoms with van der Waals surface area (Å²) in [6.45, 7) is 2.96. The number of nitrogens with zero attached hydrogens (tertiary/aromatic N) is 1. The van der Waals surface area contributed by atoms with Crippen molar-refractivity contribution >= 4 is 18.0 Å². The average molecular weight is 731 g/mol. The minimum Gasteiger partial charge on any atom is -0.493 e. The van der Waals surface area contributed by atoms with E-state index in [-0.39, 0.29) is 56.1 Å². The molecule has 3 saturated heterocycles. The van der Waals surface area contributed by atoms with Gasteiger partial charge in [-0.05, 0) is 47.9 Å². The zero-order valence-electron chi connectivity index (χ0n) is 29.0. The molecule has 4 aliphatic heterocycles. The Balaban J connectivity index is 1.25. The first-order valence-corrected chi connectivity index (χ1v) is 17.0. The average Bonchev–Trinajstić information content (AvgIpc) is 3.75. The number of hydrogen-bond acceptors (Lipinski definition) is 15. The molecule has 17 nitrogen and oxygen atoms in total. The fourth-order valence-electron chi connectivity index (χ4n) is 7.55. The molecule has 282 valence electrons. The molecule has 17 heteroatoms. The van der Waals surface area contributed by atoms with E-state index in [1.165, 1.54) is 26.0 Å². The highest BCUT2D eigenvalue weighted by molar-refractivity contribution is 5.79. The second kappa shape index (κ2) is 14.7. The first-order chi connectivity index (χ1) is 25.0. The lowest BCUT2D eigenvalue weighted by Crippen LogP contribution is -2.63. The summed E-state index contributed by atoms with van der Waals surface area (Å²) < 4.78 is 52.3. The van der Waals surface area contributed by atoms with Crippen molar-refractivity contribution in [2.24, 2.45) is 11.8 Å². The van der Waals surface area contributed by atoms with Crippen molar-refractivity contribution in [3.05, 3.63) is 46.5 Å². The third-order valence-corrected chi connectivity index (χ3v) is 10.1. The van der Waals surface area contributed by atoms with Crippen molar-refractivity contribution in [1.82, 2.24) is 10.2 Å². The molecule has 0 spiro atoms. The first-order valence-electron chi connectivity index (χ1n) is 17.0. The number of fused-ring (bicyclic) bond motifs is 4. The van der Waals surface area contributed by atoms with Crippen molar-refractivity contribution in [3.8, 4) is 23.0 Å². The summed E-state index contributed by atoms with van der Waals surface area (Å²) in [6, 6.07) is 6.79. The smallest absolute Gasteiger partial charge is 0.415 e. The van der Waals surface area contributed by atoms with Crippen molar-refractivity contribution in [2.75, 3.05) is 47.3 Å². The Bertz CT molecular complexity index is 1680. The number of methoxy groups -OCH3 is 1. The lowest BCUT2D eigenvalue weighted by molar-refractivity contribution is -0.364. The number of cyclic esters (lactones) is 1. The van der Waals surface area contributed by atoms with Gasteiger partial charge >= 0.3 is 12.1 Å². The van der Waals surface area contributed by atoms with Gasteiger partial charge in [-0.25, -0.2) is 4.79 Å². The maximum Gasteiger partial charge on any atom is 0.415 e. The van der Waals surface area contributed by atoms with E-state index in [1.54, 1.807) is 31.2 Å². The fraction of sp³-hybridized carbons (Fsp3) is 0.571. The van der Waals surface area contributed by atoms with Gasteiger partial charge in [-0.1, -0.05) is 0 Å². The second-order valence-electron chi connectivity index (χ2n) is 13.4. The van der Waals surface area contributed by atoms with E-state index in [1.807, 2.05) is 0 Å². The van der Waals surface area contributed by atoms with Crippen LogP contribution in [0, 0.1) is 11.8 Å². The quantitative estimate of drug-likeness (QED) is 0.262. The molecule has 2 aromatic rings. The number of ether oxygens (including phenoxy) is 9. The summed E-state index contributed by atoms with van der Waals surface area (Å²) in [7, 11) is 2.89. The number of amides is 2. The van der Waals surface area contributed by atoms with Crippen LogP contribution in [0.15, 0.2) is 24.3 Å². The fourth-order valence-corrected chi connectivity index (χ4v) is 7.55.